The number of ether oxygens (including phenoxy) is 1. The van der Waals surface area contributed by atoms with Crippen molar-refractivity contribution in [1.82, 2.24) is 15.0 Å². The summed E-state index contributed by atoms with van der Waals surface area (Å²) >= 11 is 0. The molecule has 0 spiro atoms. The smallest absolute Gasteiger partial charge is 0.313 e. The van der Waals surface area contributed by atoms with Crippen LogP contribution in [0.1, 0.15) is 39.5 Å². The second-order valence-electron chi connectivity index (χ2n) is 4.67. The van der Waals surface area contributed by atoms with Gasteiger partial charge in [-0.05, 0) is 27.7 Å². The van der Waals surface area contributed by atoms with Gasteiger partial charge >= 0.3 is 5.97 Å². The van der Waals surface area contributed by atoms with Crippen LogP contribution in [0.5, 0.6) is 0 Å². The molecule has 1 N–H and O–H groups in total. The molecule has 6 nitrogen and oxygen atoms in total. The zero-order valence-electron chi connectivity index (χ0n) is 9.97. The minimum Gasteiger partial charge on any atom is -0.442 e. The van der Waals surface area contributed by atoms with E-state index in [4.69, 9.17) is 4.74 Å². The minimum absolute atomic E-state index is 0.00975. The number of rotatable bonds is 3. The van der Waals surface area contributed by atoms with Crippen molar-refractivity contribution < 1.29 is 14.6 Å². The van der Waals surface area contributed by atoms with E-state index in [2.05, 4.69) is 10.3 Å². The maximum absolute atomic E-state index is 11.4. The number of carbonyl (C=O) groups is 1. The molecule has 16 heavy (non-hydrogen) atoms. The fraction of sp³-hybridized carbons (Fsp3) is 0.700. The Balaban J connectivity index is 2.52. The van der Waals surface area contributed by atoms with Crippen molar-refractivity contribution in [3.8, 4) is 0 Å². The van der Waals surface area contributed by atoms with Gasteiger partial charge in [0.25, 0.3) is 0 Å². The molecule has 1 rings (SSSR count). The largest absolute Gasteiger partial charge is 0.442 e. The third kappa shape index (κ3) is 3.30. The van der Waals surface area contributed by atoms with Crippen LogP contribution in [0.2, 0.25) is 0 Å². The van der Waals surface area contributed by atoms with Crippen molar-refractivity contribution in [2.45, 2.75) is 40.5 Å². The van der Waals surface area contributed by atoms with Crippen LogP contribution >= 0.6 is 0 Å². The summed E-state index contributed by atoms with van der Waals surface area (Å²) < 4.78 is 6.39. The molecule has 1 aromatic rings. The van der Waals surface area contributed by atoms with Crippen molar-refractivity contribution in [1.29, 1.82) is 0 Å². The number of esters is 1. The Hall–Kier alpha value is -1.43. The van der Waals surface area contributed by atoms with Crippen LogP contribution in [0.15, 0.2) is 6.20 Å². The second-order valence-corrected chi connectivity index (χ2v) is 4.67. The third-order valence-corrected chi connectivity index (χ3v) is 1.92. The highest BCUT2D eigenvalue weighted by molar-refractivity contribution is 5.75. The van der Waals surface area contributed by atoms with Gasteiger partial charge < -0.3 is 9.84 Å². The molecule has 0 aliphatic heterocycles. The van der Waals surface area contributed by atoms with Gasteiger partial charge in [-0.3, -0.25) is 4.79 Å². The summed E-state index contributed by atoms with van der Waals surface area (Å²) in [4.78, 5) is 11.4. The molecule has 0 amide bonds. The van der Waals surface area contributed by atoms with Crippen LogP contribution < -0.4 is 0 Å². The van der Waals surface area contributed by atoms with Crippen LogP contribution in [0.4, 0.5) is 0 Å². The zero-order chi connectivity index (χ0) is 12.3. The molecule has 1 aromatic heterocycles. The molecule has 0 fully saturated rings. The van der Waals surface area contributed by atoms with E-state index in [1.54, 1.807) is 33.9 Å². The first-order valence-corrected chi connectivity index (χ1v) is 5.06. The van der Waals surface area contributed by atoms with Crippen molar-refractivity contribution in [3.63, 3.8) is 0 Å². The van der Waals surface area contributed by atoms with Gasteiger partial charge in [-0.15, -0.1) is 5.10 Å². The summed E-state index contributed by atoms with van der Waals surface area (Å²) in [5.74, 6) is -0.304. The molecule has 0 saturated carbocycles. The molecule has 0 bridgehead atoms. The summed E-state index contributed by atoms with van der Waals surface area (Å²) in [7, 11) is 0. The van der Waals surface area contributed by atoms with Gasteiger partial charge in [-0.2, -0.15) is 0 Å². The summed E-state index contributed by atoms with van der Waals surface area (Å²) in [6, 6.07) is 0. The number of aliphatic hydroxyl groups is 1. The maximum atomic E-state index is 11.4. The van der Waals surface area contributed by atoms with Crippen LogP contribution in [0.3, 0.4) is 0 Å². The van der Waals surface area contributed by atoms with E-state index in [1.165, 1.54) is 4.68 Å². The lowest BCUT2D eigenvalue weighted by atomic mass is 9.98. The molecule has 1 atom stereocenters. The van der Waals surface area contributed by atoms with E-state index in [9.17, 15) is 9.90 Å². The standard InChI is InChI=1S/C10H17N3O3/c1-7(14)8-5-13(12-11-8)6-16-9(15)10(2,3)4/h5,7,14H,6H2,1-4H3. The topological polar surface area (TPSA) is 77.2 Å². The first kappa shape index (κ1) is 12.6. The van der Waals surface area contributed by atoms with Crippen LogP contribution in [-0.2, 0) is 16.3 Å². The molecular weight excluding hydrogens is 210 g/mol. The fourth-order valence-corrected chi connectivity index (χ4v) is 0.909. The van der Waals surface area contributed by atoms with Gasteiger partial charge in [0.2, 0.25) is 0 Å². The number of carbonyl (C=O) groups excluding carboxylic acids is 1. The summed E-state index contributed by atoms with van der Waals surface area (Å²) in [5.41, 5.74) is -0.0833. The van der Waals surface area contributed by atoms with Crippen LogP contribution in [-0.4, -0.2) is 26.1 Å². The average molecular weight is 227 g/mol. The molecular formula is C10H17N3O3. The molecule has 0 saturated heterocycles. The minimum atomic E-state index is -0.674. The molecule has 90 valence electrons. The number of hydrogen-bond acceptors (Lipinski definition) is 5. The molecule has 0 aliphatic carbocycles. The fourth-order valence-electron chi connectivity index (χ4n) is 0.909. The lowest BCUT2D eigenvalue weighted by Crippen LogP contribution is -2.24. The molecule has 6 heteroatoms. The average Bonchev–Trinajstić information content (AvgIpc) is 2.60. The van der Waals surface area contributed by atoms with Crippen molar-refractivity contribution in [3.05, 3.63) is 11.9 Å². The van der Waals surface area contributed by atoms with Gasteiger partial charge in [0.1, 0.15) is 5.69 Å². The summed E-state index contributed by atoms with van der Waals surface area (Å²) in [6.07, 6.45) is 0.868. The molecule has 1 unspecified atom stereocenters. The lowest BCUT2D eigenvalue weighted by molar-refractivity contribution is -0.157. The summed E-state index contributed by atoms with van der Waals surface area (Å²) in [5, 5.41) is 16.7. The number of aromatic nitrogens is 3. The Bertz CT molecular complexity index is 366. The third-order valence-electron chi connectivity index (χ3n) is 1.92. The van der Waals surface area contributed by atoms with E-state index in [0.29, 0.717) is 5.69 Å². The van der Waals surface area contributed by atoms with Crippen molar-refractivity contribution in [2.24, 2.45) is 5.41 Å². The normalized spacial score (nSPS) is 13.6. The SMILES string of the molecule is CC(O)c1cn(COC(=O)C(C)(C)C)nn1. The quantitative estimate of drug-likeness (QED) is 0.775. The molecule has 0 aliphatic rings. The van der Waals surface area contributed by atoms with Gasteiger partial charge in [0, 0.05) is 0 Å². The highest BCUT2D eigenvalue weighted by atomic mass is 16.5. The monoisotopic (exact) mass is 227 g/mol. The number of nitrogens with zero attached hydrogens (tertiary/aromatic N) is 3. The molecule has 0 aromatic carbocycles. The Labute approximate surface area is 94.2 Å². The Morgan fingerprint density at radius 3 is 2.69 bits per heavy atom. The Kier molecular flexibility index (Phi) is 3.64. The zero-order valence-corrected chi connectivity index (χ0v) is 9.97. The highest BCUT2D eigenvalue weighted by Crippen LogP contribution is 2.15. The number of hydrogen-bond donors (Lipinski definition) is 1. The van der Waals surface area contributed by atoms with E-state index in [1.807, 2.05) is 0 Å². The van der Waals surface area contributed by atoms with Crippen LogP contribution in [0.25, 0.3) is 0 Å². The van der Waals surface area contributed by atoms with Gasteiger partial charge in [-0.25, -0.2) is 4.68 Å². The number of aliphatic hydroxyl groups excluding tert-OH is 1. The van der Waals surface area contributed by atoms with Gasteiger partial charge in [-0.1, -0.05) is 5.21 Å². The van der Waals surface area contributed by atoms with E-state index >= 15 is 0 Å². The van der Waals surface area contributed by atoms with E-state index < -0.39 is 11.5 Å². The molecule has 0 radical (unpaired) electrons. The van der Waals surface area contributed by atoms with Crippen LogP contribution in [0, 0.1) is 5.41 Å². The Morgan fingerprint density at radius 2 is 2.25 bits per heavy atom. The molecule has 1 heterocycles. The van der Waals surface area contributed by atoms with Crippen molar-refractivity contribution in [2.75, 3.05) is 0 Å². The predicted molar refractivity (Wildman–Crippen MR) is 56.2 cm³/mol. The maximum Gasteiger partial charge on any atom is 0.313 e. The first-order valence-electron chi connectivity index (χ1n) is 5.06. The predicted octanol–water partition coefficient (Wildman–Crippen LogP) is 0.878. The second kappa shape index (κ2) is 4.61. The highest BCUT2D eigenvalue weighted by Gasteiger charge is 2.23. The Morgan fingerprint density at radius 1 is 1.62 bits per heavy atom. The summed E-state index contributed by atoms with van der Waals surface area (Å²) in [6.45, 7) is 6.93. The first-order chi connectivity index (χ1) is 7.30. The van der Waals surface area contributed by atoms with E-state index in [0.717, 1.165) is 0 Å². The lowest BCUT2D eigenvalue weighted by Gasteiger charge is -2.15. The van der Waals surface area contributed by atoms with Crippen molar-refractivity contribution >= 4 is 5.97 Å². The van der Waals surface area contributed by atoms with E-state index in [-0.39, 0.29) is 12.7 Å². The van der Waals surface area contributed by atoms with Gasteiger partial charge in [0.15, 0.2) is 6.73 Å². The van der Waals surface area contributed by atoms with Gasteiger partial charge in [0.05, 0.1) is 17.7 Å².